The zero-order chi connectivity index (χ0) is 24.0. The van der Waals surface area contributed by atoms with Gasteiger partial charge in [0.25, 0.3) is 5.91 Å². The Morgan fingerprint density at radius 3 is 2.52 bits per heavy atom. The lowest BCUT2D eigenvalue weighted by Gasteiger charge is -2.11. The van der Waals surface area contributed by atoms with E-state index >= 15 is 0 Å². The Hall–Kier alpha value is -3.58. The molecule has 0 atom stereocenters. The fourth-order valence-corrected chi connectivity index (χ4v) is 3.63. The number of halogens is 1. The van der Waals surface area contributed by atoms with Crippen molar-refractivity contribution in [1.29, 1.82) is 0 Å². The maximum Gasteiger partial charge on any atom is 0.331 e. The lowest BCUT2D eigenvalue weighted by atomic mass is 10.1. The van der Waals surface area contributed by atoms with E-state index in [2.05, 4.69) is 10.4 Å². The average Bonchev–Trinajstić information content (AvgIpc) is 3.05. The molecule has 0 unspecified atom stereocenters. The first-order valence-corrected chi connectivity index (χ1v) is 10.7. The van der Waals surface area contributed by atoms with Crippen molar-refractivity contribution in [2.24, 2.45) is 0 Å². The highest BCUT2D eigenvalue weighted by Crippen LogP contribution is 2.23. The molecule has 8 heteroatoms. The number of esters is 1. The summed E-state index contributed by atoms with van der Waals surface area (Å²) < 4.78 is 12.0. The fraction of sp³-hybridized carbons (Fsp3) is 0.240. The van der Waals surface area contributed by atoms with Crippen LogP contribution in [0.4, 0.5) is 5.69 Å². The molecule has 0 bridgehead atoms. The van der Waals surface area contributed by atoms with Gasteiger partial charge in [-0.1, -0.05) is 41.9 Å². The number of rotatable bonds is 8. The van der Waals surface area contributed by atoms with Gasteiger partial charge >= 0.3 is 5.97 Å². The number of aromatic nitrogens is 2. The van der Waals surface area contributed by atoms with Crippen molar-refractivity contribution in [3.05, 3.63) is 81.6 Å². The second kappa shape index (κ2) is 10.8. The van der Waals surface area contributed by atoms with Crippen LogP contribution in [0.5, 0.6) is 5.75 Å². The van der Waals surface area contributed by atoms with E-state index in [1.807, 2.05) is 56.3 Å². The van der Waals surface area contributed by atoms with Gasteiger partial charge in [0.1, 0.15) is 10.9 Å². The largest absolute Gasteiger partial charge is 0.497 e. The van der Waals surface area contributed by atoms with E-state index < -0.39 is 18.5 Å². The van der Waals surface area contributed by atoms with Crippen molar-refractivity contribution in [2.75, 3.05) is 19.0 Å². The number of benzene rings is 2. The van der Waals surface area contributed by atoms with Gasteiger partial charge in [-0.05, 0) is 55.7 Å². The van der Waals surface area contributed by atoms with Crippen LogP contribution in [0, 0.1) is 20.8 Å². The van der Waals surface area contributed by atoms with E-state index in [4.69, 9.17) is 21.1 Å². The summed E-state index contributed by atoms with van der Waals surface area (Å²) in [4.78, 5) is 24.3. The molecule has 3 aromatic rings. The Balaban J connectivity index is 1.60. The Morgan fingerprint density at radius 1 is 1.12 bits per heavy atom. The first kappa shape index (κ1) is 24.1. The number of amides is 1. The summed E-state index contributed by atoms with van der Waals surface area (Å²) in [6.07, 6.45) is 2.77. The molecule has 1 amide bonds. The molecular weight excluding hydrogens is 442 g/mol. The molecule has 0 aliphatic heterocycles. The van der Waals surface area contributed by atoms with Crippen molar-refractivity contribution in [3.8, 4) is 5.75 Å². The summed E-state index contributed by atoms with van der Waals surface area (Å²) in [6, 6.07) is 13.3. The predicted molar refractivity (Wildman–Crippen MR) is 129 cm³/mol. The van der Waals surface area contributed by atoms with Gasteiger partial charge in [0.05, 0.1) is 19.3 Å². The van der Waals surface area contributed by atoms with E-state index in [0.717, 1.165) is 28.1 Å². The van der Waals surface area contributed by atoms with Gasteiger partial charge in [0.2, 0.25) is 0 Å². The smallest absolute Gasteiger partial charge is 0.331 e. The van der Waals surface area contributed by atoms with Crippen LogP contribution in [0.1, 0.15) is 27.9 Å². The summed E-state index contributed by atoms with van der Waals surface area (Å²) in [6.45, 7) is 5.67. The molecular formula is C25H26ClN3O4. The predicted octanol–water partition coefficient (Wildman–Crippen LogP) is 4.71. The molecule has 1 aromatic heterocycles. The number of ether oxygens (including phenoxy) is 2. The number of nitrogens with one attached hydrogen (secondary N) is 1. The SMILES string of the molecule is COc1cccc(Cn2nc(C)c(C=CC(=O)OCC(=O)Nc3c(C)cccc3C)c2Cl)c1. The highest BCUT2D eigenvalue weighted by atomic mass is 35.5. The van der Waals surface area contributed by atoms with E-state index in [1.54, 1.807) is 24.8 Å². The van der Waals surface area contributed by atoms with Crippen LogP contribution in [-0.4, -0.2) is 35.4 Å². The lowest BCUT2D eigenvalue weighted by Crippen LogP contribution is -2.21. The second-order valence-corrected chi connectivity index (χ2v) is 7.91. The minimum Gasteiger partial charge on any atom is -0.497 e. The molecule has 1 heterocycles. The van der Waals surface area contributed by atoms with E-state index in [1.165, 1.54) is 6.08 Å². The number of nitrogens with zero attached hydrogens (tertiary/aromatic N) is 2. The van der Waals surface area contributed by atoms with E-state index in [-0.39, 0.29) is 0 Å². The Kier molecular flexibility index (Phi) is 7.90. The zero-order valence-corrected chi connectivity index (χ0v) is 19.8. The van der Waals surface area contributed by atoms with Gasteiger partial charge in [0.15, 0.2) is 6.61 Å². The Morgan fingerprint density at radius 2 is 1.82 bits per heavy atom. The minimum atomic E-state index is -0.650. The van der Waals surface area contributed by atoms with E-state index in [9.17, 15) is 9.59 Å². The number of para-hydroxylation sites is 1. The van der Waals surface area contributed by atoms with Crippen LogP contribution in [-0.2, 0) is 20.9 Å². The summed E-state index contributed by atoms with van der Waals surface area (Å²) >= 11 is 6.49. The van der Waals surface area contributed by atoms with Gasteiger partial charge in [-0.15, -0.1) is 0 Å². The zero-order valence-electron chi connectivity index (χ0n) is 19.0. The van der Waals surface area contributed by atoms with Gasteiger partial charge in [-0.25, -0.2) is 9.48 Å². The van der Waals surface area contributed by atoms with Crippen molar-refractivity contribution in [3.63, 3.8) is 0 Å². The molecule has 0 saturated carbocycles. The lowest BCUT2D eigenvalue weighted by molar-refractivity contribution is -0.142. The number of methoxy groups -OCH3 is 1. The van der Waals surface area contributed by atoms with Crippen molar-refractivity contribution < 1.29 is 19.1 Å². The standard InChI is InChI=1S/C25H26ClN3O4/c1-16-7-5-8-17(2)24(16)27-22(30)15-33-23(31)12-11-21-18(3)28-29(25(21)26)14-19-9-6-10-20(13-19)32-4/h5-13H,14-15H2,1-4H3,(H,27,30). The Bertz CT molecular complexity index is 1180. The number of anilines is 1. The number of carbonyl (C=O) groups is 2. The van der Waals surface area contributed by atoms with Crippen LogP contribution in [0.15, 0.2) is 48.5 Å². The van der Waals surface area contributed by atoms with Crippen LogP contribution >= 0.6 is 11.6 Å². The molecule has 0 aliphatic rings. The molecule has 2 aromatic carbocycles. The van der Waals surface area contributed by atoms with Crippen LogP contribution in [0.3, 0.4) is 0 Å². The molecule has 0 saturated heterocycles. The molecule has 7 nitrogen and oxygen atoms in total. The van der Waals surface area contributed by atoms with Crippen LogP contribution in [0.2, 0.25) is 5.15 Å². The maximum atomic E-state index is 12.2. The minimum absolute atomic E-state index is 0.390. The molecule has 0 aliphatic carbocycles. The average molecular weight is 468 g/mol. The van der Waals surface area contributed by atoms with Crippen molar-refractivity contribution >= 4 is 35.2 Å². The number of aryl methyl sites for hydroxylation is 3. The highest BCUT2D eigenvalue weighted by Gasteiger charge is 2.13. The number of carbonyl (C=O) groups excluding carboxylic acids is 2. The molecule has 1 N–H and O–H groups in total. The third kappa shape index (κ3) is 6.23. The van der Waals surface area contributed by atoms with E-state index in [0.29, 0.717) is 23.0 Å². The summed E-state index contributed by atoms with van der Waals surface area (Å²) in [7, 11) is 1.61. The summed E-state index contributed by atoms with van der Waals surface area (Å²) in [5.41, 5.74) is 4.84. The summed E-state index contributed by atoms with van der Waals surface area (Å²) in [5.74, 6) is -0.311. The molecule has 33 heavy (non-hydrogen) atoms. The van der Waals surface area contributed by atoms with Gasteiger partial charge < -0.3 is 14.8 Å². The molecule has 172 valence electrons. The number of hydrogen-bond acceptors (Lipinski definition) is 5. The number of hydrogen-bond donors (Lipinski definition) is 1. The highest BCUT2D eigenvalue weighted by molar-refractivity contribution is 6.31. The third-order valence-electron chi connectivity index (χ3n) is 5.05. The monoisotopic (exact) mass is 467 g/mol. The van der Waals surface area contributed by atoms with Gasteiger partial charge in [0, 0.05) is 17.3 Å². The maximum absolute atomic E-state index is 12.2. The van der Waals surface area contributed by atoms with Crippen molar-refractivity contribution in [1.82, 2.24) is 9.78 Å². The molecule has 0 fully saturated rings. The fourth-order valence-electron chi connectivity index (χ4n) is 3.33. The van der Waals surface area contributed by atoms with Crippen molar-refractivity contribution in [2.45, 2.75) is 27.3 Å². The topological polar surface area (TPSA) is 82.5 Å². The normalized spacial score (nSPS) is 10.9. The third-order valence-corrected chi connectivity index (χ3v) is 5.45. The second-order valence-electron chi connectivity index (χ2n) is 7.56. The Labute approximate surface area is 198 Å². The first-order valence-electron chi connectivity index (χ1n) is 10.3. The summed E-state index contributed by atoms with van der Waals surface area (Å²) in [5, 5.41) is 7.63. The quantitative estimate of drug-likeness (QED) is 0.383. The van der Waals surface area contributed by atoms with Gasteiger partial charge in [-0.2, -0.15) is 5.10 Å². The van der Waals surface area contributed by atoms with Gasteiger partial charge in [-0.3, -0.25) is 4.79 Å². The van der Waals surface area contributed by atoms with Crippen LogP contribution < -0.4 is 10.1 Å². The first-order chi connectivity index (χ1) is 15.8. The molecule has 3 rings (SSSR count). The molecule has 0 spiro atoms. The van der Waals surface area contributed by atoms with Crippen LogP contribution in [0.25, 0.3) is 6.08 Å². The molecule has 0 radical (unpaired) electrons.